The van der Waals surface area contributed by atoms with Crippen LogP contribution >= 0.6 is 7.82 Å². The van der Waals surface area contributed by atoms with Crippen molar-refractivity contribution in [2.45, 2.75) is 226 Å². The van der Waals surface area contributed by atoms with Gasteiger partial charge in [0.05, 0.1) is 33.8 Å². The molecule has 0 saturated heterocycles. The SMILES string of the molecule is CC/C=C\C/C=C\C/C=C\C/C=C\C/C=C\CCCC(=O)OC(/C=C/CCCCCCCCCCC)C(COP(=O)([O-])OCC[N+](C)(C)C)NC(=O)CCCCC/C=C\C/C=C\C/C=C\C/C=C\CCCCC. The number of carbonyl (C=O) groups excluding carboxylic acids is 2. The fourth-order valence-corrected chi connectivity index (χ4v) is 8.14. The van der Waals surface area contributed by atoms with Gasteiger partial charge in [0.2, 0.25) is 5.91 Å². The summed E-state index contributed by atoms with van der Waals surface area (Å²) < 4.78 is 30.1. The number of nitrogens with zero attached hydrogens (tertiary/aromatic N) is 1. The first kappa shape index (κ1) is 69.4. The van der Waals surface area contributed by atoms with Crippen molar-refractivity contribution in [3.8, 4) is 0 Å². The Morgan fingerprint density at radius 2 is 0.890 bits per heavy atom. The molecule has 1 amide bonds. The van der Waals surface area contributed by atoms with Crippen LogP contribution in [0.1, 0.15) is 213 Å². The number of rotatable bonds is 50. The molecule has 0 radical (unpaired) electrons. The van der Waals surface area contributed by atoms with Crippen molar-refractivity contribution >= 4 is 19.7 Å². The van der Waals surface area contributed by atoms with Gasteiger partial charge in [-0.15, -0.1) is 0 Å². The number of phosphoric ester groups is 1. The second-order valence-electron chi connectivity index (χ2n) is 20.1. The van der Waals surface area contributed by atoms with Crippen LogP contribution in [0, 0.1) is 0 Å². The lowest BCUT2D eigenvalue weighted by molar-refractivity contribution is -0.870. The molecule has 0 spiro atoms. The Morgan fingerprint density at radius 3 is 1.37 bits per heavy atom. The number of unbranched alkanes of at least 4 members (excludes halogenated alkanes) is 16. The Bertz CT molecular complexity index is 1660. The monoisotopic (exact) mass is 1030 g/mol. The Balaban J connectivity index is 5.47. The Labute approximate surface area is 448 Å². The number of phosphoric acid groups is 1. The Hall–Kier alpha value is -3.59. The zero-order valence-corrected chi connectivity index (χ0v) is 48.2. The third-order valence-corrected chi connectivity index (χ3v) is 12.8. The van der Waals surface area contributed by atoms with E-state index in [1.807, 2.05) is 27.2 Å². The molecule has 416 valence electrons. The van der Waals surface area contributed by atoms with Crippen LogP contribution in [0.5, 0.6) is 0 Å². The van der Waals surface area contributed by atoms with Crippen LogP contribution in [0.2, 0.25) is 0 Å². The standard InChI is InChI=1S/C63H107N2O7P/c1-7-10-13-16-19-22-25-27-29-31-32-34-35-37-40-43-46-49-52-55-62(66)64-60(59-71-73(68,69)70-58-57-65(4,5)6)61(54-51-48-45-42-39-24-21-18-15-12-9-3)72-63(67)56-53-50-47-44-41-38-36-33-30-28-26-23-20-17-14-11-8-2/h11,14,19-20,22-23,27-30,32,34,36-38,40,44,47,51,54,60-61H,7-10,12-13,15-18,21,24-26,31,33,35,39,41-43,45-46,48-50,52-53,55-59H2,1-6H3,(H-,64,66,68,69)/b14-11-,22-19-,23-20-,29-27-,30-28-,34-32-,38-36-,40-37-,47-44-,54-51+. The highest BCUT2D eigenvalue weighted by molar-refractivity contribution is 7.45. The minimum atomic E-state index is -4.72. The first-order valence-corrected chi connectivity index (χ1v) is 30.3. The summed E-state index contributed by atoms with van der Waals surface area (Å²) in [6, 6.07) is -0.935. The van der Waals surface area contributed by atoms with Crippen LogP contribution in [0.15, 0.2) is 122 Å². The molecule has 0 aromatic heterocycles. The first-order chi connectivity index (χ1) is 35.4. The molecule has 0 saturated carbocycles. The summed E-state index contributed by atoms with van der Waals surface area (Å²) in [5.41, 5.74) is 0. The highest BCUT2D eigenvalue weighted by atomic mass is 31.2. The normalized spacial score (nSPS) is 14.7. The van der Waals surface area contributed by atoms with E-state index in [2.05, 4.69) is 135 Å². The molecule has 0 rings (SSSR count). The number of ether oxygens (including phenoxy) is 1. The Morgan fingerprint density at radius 1 is 0.493 bits per heavy atom. The Kier molecular flexibility index (Phi) is 49.3. The fraction of sp³-hybridized carbons (Fsp3) is 0.651. The average Bonchev–Trinajstić information content (AvgIpc) is 3.35. The first-order valence-electron chi connectivity index (χ1n) is 28.8. The van der Waals surface area contributed by atoms with Crippen molar-refractivity contribution in [3.05, 3.63) is 122 Å². The van der Waals surface area contributed by atoms with E-state index in [0.29, 0.717) is 23.9 Å². The topological polar surface area (TPSA) is 114 Å². The van der Waals surface area contributed by atoms with Crippen molar-refractivity contribution in [2.75, 3.05) is 40.9 Å². The van der Waals surface area contributed by atoms with Crippen LogP contribution in [-0.2, 0) is 27.9 Å². The summed E-state index contributed by atoms with van der Waals surface area (Å²) in [6.07, 6.45) is 71.7. The van der Waals surface area contributed by atoms with Crippen molar-refractivity contribution in [1.29, 1.82) is 0 Å². The average molecular weight is 1040 g/mol. The molecule has 3 atom stereocenters. The van der Waals surface area contributed by atoms with E-state index < -0.39 is 32.5 Å². The predicted molar refractivity (Wildman–Crippen MR) is 311 cm³/mol. The third-order valence-electron chi connectivity index (χ3n) is 11.9. The zero-order valence-electron chi connectivity index (χ0n) is 47.3. The van der Waals surface area contributed by atoms with Crippen molar-refractivity contribution in [1.82, 2.24) is 5.32 Å². The van der Waals surface area contributed by atoms with Crippen molar-refractivity contribution < 1.29 is 37.3 Å². The largest absolute Gasteiger partial charge is 0.756 e. The summed E-state index contributed by atoms with van der Waals surface area (Å²) in [6.45, 7) is 6.60. The van der Waals surface area contributed by atoms with Gasteiger partial charge in [0.15, 0.2) is 0 Å². The molecule has 0 fully saturated rings. The zero-order chi connectivity index (χ0) is 53.6. The lowest BCUT2D eigenvalue weighted by Gasteiger charge is -2.30. The van der Waals surface area contributed by atoms with Gasteiger partial charge in [-0.3, -0.25) is 14.2 Å². The summed E-state index contributed by atoms with van der Waals surface area (Å²) in [5.74, 6) is -0.657. The minimum Gasteiger partial charge on any atom is -0.756 e. The summed E-state index contributed by atoms with van der Waals surface area (Å²) >= 11 is 0. The molecule has 0 aromatic carbocycles. The molecule has 0 aliphatic carbocycles. The number of allylic oxidation sites excluding steroid dienone is 19. The molecular weight excluding hydrogens is 928 g/mol. The van der Waals surface area contributed by atoms with E-state index >= 15 is 0 Å². The third kappa shape index (κ3) is 53.1. The lowest BCUT2D eigenvalue weighted by Crippen LogP contribution is -2.47. The van der Waals surface area contributed by atoms with Gasteiger partial charge in [0, 0.05) is 12.8 Å². The minimum absolute atomic E-state index is 0.0443. The van der Waals surface area contributed by atoms with E-state index in [4.69, 9.17) is 13.8 Å². The van der Waals surface area contributed by atoms with Gasteiger partial charge >= 0.3 is 5.97 Å². The molecule has 1 N–H and O–H groups in total. The maximum absolute atomic E-state index is 13.5. The molecule has 0 bridgehead atoms. The van der Waals surface area contributed by atoms with Gasteiger partial charge in [-0.05, 0) is 115 Å². The predicted octanol–water partition coefficient (Wildman–Crippen LogP) is 16.9. The summed E-state index contributed by atoms with van der Waals surface area (Å²) in [7, 11) is 1.11. The van der Waals surface area contributed by atoms with Crippen LogP contribution < -0.4 is 10.2 Å². The summed E-state index contributed by atoms with van der Waals surface area (Å²) in [4.78, 5) is 39.8. The maximum atomic E-state index is 13.5. The smallest absolute Gasteiger partial charge is 0.306 e. The van der Waals surface area contributed by atoms with Gasteiger partial charge in [-0.25, -0.2) is 0 Å². The van der Waals surface area contributed by atoms with E-state index in [1.54, 1.807) is 6.08 Å². The van der Waals surface area contributed by atoms with Crippen molar-refractivity contribution in [2.24, 2.45) is 0 Å². The van der Waals surface area contributed by atoms with E-state index in [-0.39, 0.29) is 25.4 Å². The van der Waals surface area contributed by atoms with E-state index in [9.17, 15) is 19.0 Å². The molecule has 73 heavy (non-hydrogen) atoms. The number of nitrogens with one attached hydrogen (secondary N) is 1. The molecule has 9 nitrogen and oxygen atoms in total. The van der Waals surface area contributed by atoms with Gasteiger partial charge in [0.1, 0.15) is 19.3 Å². The van der Waals surface area contributed by atoms with Crippen LogP contribution in [0.3, 0.4) is 0 Å². The molecule has 3 unspecified atom stereocenters. The molecule has 0 aromatic rings. The number of amides is 1. The molecule has 0 aliphatic rings. The highest BCUT2D eigenvalue weighted by Crippen LogP contribution is 2.38. The van der Waals surface area contributed by atoms with Crippen LogP contribution in [0.4, 0.5) is 0 Å². The number of quaternary nitrogens is 1. The fourth-order valence-electron chi connectivity index (χ4n) is 7.42. The number of hydrogen-bond acceptors (Lipinski definition) is 7. The molecule has 10 heteroatoms. The molecule has 0 heterocycles. The van der Waals surface area contributed by atoms with Gasteiger partial charge in [-0.2, -0.15) is 0 Å². The molecule has 0 aliphatic heterocycles. The maximum Gasteiger partial charge on any atom is 0.306 e. The second-order valence-corrected chi connectivity index (χ2v) is 21.5. The number of esters is 1. The van der Waals surface area contributed by atoms with E-state index in [0.717, 1.165) is 96.3 Å². The quantitative estimate of drug-likeness (QED) is 0.0212. The van der Waals surface area contributed by atoms with Crippen LogP contribution in [-0.4, -0.2) is 69.4 Å². The number of carbonyl (C=O) groups is 2. The lowest BCUT2D eigenvalue weighted by atomic mass is 10.1. The van der Waals surface area contributed by atoms with Gasteiger partial charge in [-0.1, -0.05) is 207 Å². The number of likely N-dealkylation sites (N-methyl/N-ethyl adjacent to an activating group) is 1. The number of hydrogen-bond donors (Lipinski definition) is 1. The van der Waals surface area contributed by atoms with Gasteiger partial charge < -0.3 is 28.5 Å². The second kappa shape index (κ2) is 51.9. The molecular formula is C63H107N2O7P. The highest BCUT2D eigenvalue weighted by Gasteiger charge is 2.27. The van der Waals surface area contributed by atoms with Crippen molar-refractivity contribution in [3.63, 3.8) is 0 Å². The summed E-state index contributed by atoms with van der Waals surface area (Å²) in [5, 5.41) is 2.98. The van der Waals surface area contributed by atoms with Crippen LogP contribution in [0.25, 0.3) is 0 Å². The van der Waals surface area contributed by atoms with E-state index in [1.165, 1.54) is 70.6 Å². The van der Waals surface area contributed by atoms with Gasteiger partial charge in [0.25, 0.3) is 7.82 Å².